The summed E-state index contributed by atoms with van der Waals surface area (Å²) >= 11 is 0. The van der Waals surface area contributed by atoms with Crippen molar-refractivity contribution in [3.63, 3.8) is 0 Å². The Kier molecular flexibility index (Phi) is 3.96. The summed E-state index contributed by atoms with van der Waals surface area (Å²) in [6, 6.07) is 23.4. The van der Waals surface area contributed by atoms with E-state index in [-0.39, 0.29) is 0 Å². The molecule has 1 aliphatic rings. The number of furan rings is 1. The average Bonchev–Trinajstić information content (AvgIpc) is 3.29. The van der Waals surface area contributed by atoms with Crippen molar-refractivity contribution in [2.45, 2.75) is 38.9 Å². The summed E-state index contributed by atoms with van der Waals surface area (Å²) in [5.41, 5.74) is 6.26. The molecule has 0 amide bonds. The van der Waals surface area contributed by atoms with Gasteiger partial charge in [-0.05, 0) is 72.8 Å². The highest BCUT2D eigenvalue weighted by Gasteiger charge is 2.36. The molecule has 1 N–H and O–H groups in total. The monoisotopic (exact) mass is 420 g/mol. The lowest BCUT2D eigenvalue weighted by Gasteiger charge is -2.37. The Morgan fingerprint density at radius 2 is 1.47 bits per heavy atom. The summed E-state index contributed by atoms with van der Waals surface area (Å²) in [4.78, 5) is 0. The second-order valence-electron chi connectivity index (χ2n) is 9.82. The lowest BCUT2D eigenvalue weighted by molar-refractivity contribution is -0.0893. The molecule has 0 radical (unpaired) electrons. The number of aliphatic hydroxyl groups is 1. The van der Waals surface area contributed by atoms with E-state index in [2.05, 4.69) is 54.6 Å². The van der Waals surface area contributed by atoms with E-state index < -0.39 is 11.2 Å². The van der Waals surface area contributed by atoms with Gasteiger partial charge in [0.05, 0.1) is 11.2 Å². The highest BCUT2D eigenvalue weighted by molar-refractivity contribution is 6.53. The Morgan fingerprint density at radius 1 is 0.750 bits per heavy atom. The van der Waals surface area contributed by atoms with Crippen LogP contribution in [0.25, 0.3) is 55.0 Å². The van der Waals surface area contributed by atoms with Gasteiger partial charge in [-0.2, -0.15) is 0 Å². The second-order valence-corrected chi connectivity index (χ2v) is 9.82. The number of rotatable bonds is 4. The highest BCUT2D eigenvalue weighted by Crippen LogP contribution is 2.51. The van der Waals surface area contributed by atoms with Crippen molar-refractivity contribution in [2.75, 3.05) is 0 Å². The molecule has 6 rings (SSSR count). The molecule has 0 spiro atoms. The van der Waals surface area contributed by atoms with Gasteiger partial charge in [0.1, 0.15) is 11.2 Å². The maximum Gasteiger partial charge on any atom is 0.310 e. The molecule has 1 heterocycles. The number of fused-ring (bicyclic) bond motifs is 7. The Morgan fingerprint density at radius 3 is 2.25 bits per heavy atom. The average molecular weight is 420 g/mol. The molecule has 5 aromatic rings. The standard InChI is InChI=1S/C28H25BO3/c1-27(2,30)28(3,4)32-29-21-14-13-18-16-9-5-6-10-17(16)26-24(18)20(21)15-23-25(26)19-11-7-8-12-22(19)31-23/h5-15,29-30H,1-4H3. The molecule has 0 aliphatic heterocycles. The quantitative estimate of drug-likeness (QED) is 0.360. The first-order valence-corrected chi connectivity index (χ1v) is 11.1. The van der Waals surface area contributed by atoms with Gasteiger partial charge in [0.15, 0.2) is 0 Å². The third kappa shape index (κ3) is 2.63. The van der Waals surface area contributed by atoms with Crippen molar-refractivity contribution in [1.82, 2.24) is 0 Å². The molecule has 0 saturated carbocycles. The minimum Gasteiger partial charge on any atom is -0.456 e. The van der Waals surface area contributed by atoms with Crippen LogP contribution in [0, 0.1) is 0 Å². The van der Waals surface area contributed by atoms with Gasteiger partial charge >= 0.3 is 7.48 Å². The lowest BCUT2D eigenvalue weighted by Crippen LogP contribution is -2.49. The fraction of sp³-hybridized carbons (Fsp3) is 0.214. The molecule has 32 heavy (non-hydrogen) atoms. The van der Waals surface area contributed by atoms with E-state index in [1.807, 2.05) is 26.0 Å². The Balaban J connectivity index is 1.65. The molecule has 1 aliphatic carbocycles. The first-order valence-electron chi connectivity index (χ1n) is 11.1. The largest absolute Gasteiger partial charge is 0.456 e. The predicted octanol–water partition coefficient (Wildman–Crippen LogP) is 5.93. The molecular formula is C28H25BO3. The number of benzene rings is 4. The molecule has 1 aromatic heterocycles. The van der Waals surface area contributed by atoms with E-state index in [1.54, 1.807) is 13.8 Å². The van der Waals surface area contributed by atoms with Crippen molar-refractivity contribution in [3.8, 4) is 22.3 Å². The van der Waals surface area contributed by atoms with E-state index >= 15 is 0 Å². The van der Waals surface area contributed by atoms with Crippen molar-refractivity contribution in [1.29, 1.82) is 0 Å². The zero-order valence-corrected chi connectivity index (χ0v) is 18.8. The maximum atomic E-state index is 10.5. The maximum absolute atomic E-state index is 10.5. The van der Waals surface area contributed by atoms with Gasteiger partial charge in [0.25, 0.3) is 0 Å². The van der Waals surface area contributed by atoms with Crippen molar-refractivity contribution >= 4 is 45.7 Å². The van der Waals surface area contributed by atoms with E-state index in [0.29, 0.717) is 7.48 Å². The summed E-state index contributed by atoms with van der Waals surface area (Å²) < 4.78 is 12.6. The van der Waals surface area contributed by atoms with Crippen LogP contribution in [-0.4, -0.2) is 23.8 Å². The molecule has 3 nitrogen and oxygen atoms in total. The summed E-state index contributed by atoms with van der Waals surface area (Å²) in [6.07, 6.45) is 0. The third-order valence-corrected chi connectivity index (χ3v) is 7.28. The van der Waals surface area contributed by atoms with Crippen LogP contribution in [0.15, 0.2) is 71.1 Å². The van der Waals surface area contributed by atoms with Gasteiger partial charge in [0.2, 0.25) is 0 Å². The fourth-order valence-electron chi connectivity index (χ4n) is 4.77. The van der Waals surface area contributed by atoms with E-state index in [9.17, 15) is 5.11 Å². The summed E-state index contributed by atoms with van der Waals surface area (Å²) in [7, 11) is 0.412. The van der Waals surface area contributed by atoms with Crippen LogP contribution in [0.2, 0.25) is 0 Å². The van der Waals surface area contributed by atoms with Crippen LogP contribution < -0.4 is 5.46 Å². The predicted molar refractivity (Wildman–Crippen MR) is 134 cm³/mol. The van der Waals surface area contributed by atoms with Crippen LogP contribution in [0.5, 0.6) is 0 Å². The molecule has 0 fully saturated rings. The summed E-state index contributed by atoms with van der Waals surface area (Å²) in [5, 5.41) is 15.3. The number of para-hydroxylation sites is 1. The van der Waals surface area contributed by atoms with Crippen LogP contribution >= 0.6 is 0 Å². The first kappa shape index (κ1) is 19.6. The molecule has 0 bridgehead atoms. The molecule has 0 unspecified atom stereocenters. The summed E-state index contributed by atoms with van der Waals surface area (Å²) in [5.74, 6) is 0. The fourth-order valence-corrected chi connectivity index (χ4v) is 4.77. The minimum absolute atomic E-state index is 0.412. The van der Waals surface area contributed by atoms with Gasteiger partial charge in [-0.3, -0.25) is 0 Å². The van der Waals surface area contributed by atoms with Gasteiger partial charge < -0.3 is 14.2 Å². The van der Waals surface area contributed by atoms with E-state index in [1.165, 1.54) is 33.0 Å². The minimum atomic E-state index is -0.954. The van der Waals surface area contributed by atoms with Crippen LogP contribution in [-0.2, 0) is 4.65 Å². The van der Waals surface area contributed by atoms with Gasteiger partial charge in [-0.25, -0.2) is 0 Å². The van der Waals surface area contributed by atoms with Crippen molar-refractivity contribution < 1.29 is 14.2 Å². The normalized spacial score (nSPS) is 13.3. The molecule has 0 atom stereocenters. The van der Waals surface area contributed by atoms with Crippen molar-refractivity contribution in [2.24, 2.45) is 0 Å². The Labute approximate surface area is 187 Å². The van der Waals surface area contributed by atoms with Crippen LogP contribution in [0.4, 0.5) is 0 Å². The number of hydrogen-bond acceptors (Lipinski definition) is 3. The molecule has 4 heteroatoms. The van der Waals surface area contributed by atoms with E-state index in [4.69, 9.17) is 9.07 Å². The summed E-state index contributed by atoms with van der Waals surface area (Å²) in [6.45, 7) is 7.44. The molecule has 0 saturated heterocycles. The molecule has 4 aromatic carbocycles. The molecular weight excluding hydrogens is 395 g/mol. The SMILES string of the molecule is CC(C)(O)C(C)(C)OBc1ccc2c3c(c4c(cc13)oc1ccccc14)-c1ccccc1-2. The third-order valence-electron chi connectivity index (χ3n) is 7.28. The number of hydrogen-bond donors (Lipinski definition) is 1. The second kappa shape index (κ2) is 6.47. The smallest absolute Gasteiger partial charge is 0.310 e. The van der Waals surface area contributed by atoms with Crippen LogP contribution in [0.1, 0.15) is 27.7 Å². The van der Waals surface area contributed by atoms with Crippen LogP contribution in [0.3, 0.4) is 0 Å². The highest BCUT2D eigenvalue weighted by atomic mass is 16.5. The zero-order valence-electron chi connectivity index (χ0n) is 18.8. The Hall–Kier alpha value is -3.08. The van der Waals surface area contributed by atoms with Gasteiger partial charge in [0, 0.05) is 16.3 Å². The lowest BCUT2D eigenvalue weighted by atomic mass is 9.79. The molecule has 158 valence electrons. The topological polar surface area (TPSA) is 42.6 Å². The van der Waals surface area contributed by atoms with E-state index in [0.717, 1.165) is 27.4 Å². The van der Waals surface area contributed by atoms with Crippen molar-refractivity contribution in [3.05, 3.63) is 66.7 Å². The van der Waals surface area contributed by atoms with Gasteiger partial charge in [-0.15, -0.1) is 0 Å². The Bertz CT molecular complexity index is 1540. The zero-order chi connectivity index (χ0) is 22.3. The first-order chi connectivity index (χ1) is 15.3. The van der Waals surface area contributed by atoms with Gasteiger partial charge in [-0.1, -0.05) is 54.6 Å².